The van der Waals surface area contributed by atoms with E-state index in [2.05, 4.69) is 9.97 Å². The molecule has 0 amide bonds. The quantitative estimate of drug-likeness (QED) is 0.829. The summed E-state index contributed by atoms with van der Waals surface area (Å²) in [6.07, 6.45) is 0. The zero-order valence-electron chi connectivity index (χ0n) is 9.86. The highest BCUT2D eigenvalue weighted by molar-refractivity contribution is 5.62. The number of imidazole rings is 1. The first-order valence-corrected chi connectivity index (χ1v) is 5.64. The zero-order chi connectivity index (χ0) is 12.5. The smallest absolute Gasteiger partial charge is 0.162 e. The van der Waals surface area contributed by atoms with E-state index in [0.29, 0.717) is 30.5 Å². The van der Waals surface area contributed by atoms with E-state index in [1.807, 2.05) is 31.2 Å². The van der Waals surface area contributed by atoms with Crippen LogP contribution in [0.2, 0.25) is 0 Å². The van der Waals surface area contributed by atoms with Crippen molar-refractivity contribution in [3.63, 3.8) is 0 Å². The van der Waals surface area contributed by atoms with Crippen LogP contribution >= 0.6 is 0 Å². The molecule has 0 unspecified atom stereocenters. The van der Waals surface area contributed by atoms with Crippen molar-refractivity contribution in [3.8, 4) is 29.0 Å². The molecule has 0 aliphatic carbocycles. The van der Waals surface area contributed by atoms with Gasteiger partial charge < -0.3 is 14.5 Å². The Morgan fingerprint density at radius 3 is 2.78 bits per heavy atom. The number of rotatable bonds is 1. The van der Waals surface area contributed by atoms with E-state index < -0.39 is 0 Å². The summed E-state index contributed by atoms with van der Waals surface area (Å²) >= 11 is 0. The Labute approximate surface area is 104 Å². The summed E-state index contributed by atoms with van der Waals surface area (Å²) in [5, 5.41) is 8.89. The minimum Gasteiger partial charge on any atom is -0.486 e. The van der Waals surface area contributed by atoms with E-state index in [-0.39, 0.29) is 0 Å². The van der Waals surface area contributed by atoms with Crippen LogP contribution in [0.4, 0.5) is 0 Å². The van der Waals surface area contributed by atoms with Crippen LogP contribution in [-0.2, 0) is 0 Å². The maximum atomic E-state index is 8.89. The molecule has 1 aliphatic heterocycles. The first kappa shape index (κ1) is 10.7. The molecular formula is C13H11N3O2. The van der Waals surface area contributed by atoms with Crippen molar-refractivity contribution in [2.45, 2.75) is 6.92 Å². The molecule has 2 aromatic rings. The molecule has 1 aromatic heterocycles. The highest BCUT2D eigenvalue weighted by atomic mass is 16.6. The molecule has 1 aliphatic rings. The fourth-order valence-electron chi connectivity index (χ4n) is 1.90. The molecule has 0 fully saturated rings. The van der Waals surface area contributed by atoms with E-state index in [1.165, 1.54) is 0 Å². The first-order valence-electron chi connectivity index (χ1n) is 5.64. The molecule has 3 rings (SSSR count). The van der Waals surface area contributed by atoms with Crippen molar-refractivity contribution in [2.75, 3.05) is 13.2 Å². The molecule has 2 heterocycles. The predicted octanol–water partition coefficient (Wildman–Crippen LogP) is 2.03. The van der Waals surface area contributed by atoms with E-state index in [4.69, 9.17) is 14.7 Å². The van der Waals surface area contributed by atoms with Gasteiger partial charge in [0.1, 0.15) is 25.1 Å². The molecule has 0 atom stereocenters. The monoisotopic (exact) mass is 241 g/mol. The molecule has 18 heavy (non-hydrogen) atoms. The minimum atomic E-state index is 0.417. The second kappa shape index (κ2) is 4.08. The summed E-state index contributed by atoms with van der Waals surface area (Å²) < 4.78 is 11.0. The Morgan fingerprint density at radius 2 is 2.06 bits per heavy atom. The van der Waals surface area contributed by atoms with Gasteiger partial charge in [-0.25, -0.2) is 4.98 Å². The van der Waals surface area contributed by atoms with Crippen LogP contribution in [-0.4, -0.2) is 23.2 Å². The Balaban J connectivity index is 2.04. The first-order chi connectivity index (χ1) is 8.78. The Morgan fingerprint density at radius 1 is 1.28 bits per heavy atom. The van der Waals surface area contributed by atoms with Gasteiger partial charge in [0.25, 0.3) is 0 Å². The maximum Gasteiger partial charge on any atom is 0.162 e. The second-order valence-corrected chi connectivity index (χ2v) is 4.03. The SMILES string of the molecule is Cc1[nH]c(-c2ccc3c(c2)OCCO3)nc1C#N. The zero-order valence-corrected chi connectivity index (χ0v) is 9.86. The number of aromatic nitrogens is 2. The van der Waals surface area contributed by atoms with Crippen molar-refractivity contribution in [2.24, 2.45) is 0 Å². The number of hydrogen-bond acceptors (Lipinski definition) is 4. The largest absolute Gasteiger partial charge is 0.486 e. The average molecular weight is 241 g/mol. The van der Waals surface area contributed by atoms with Crippen LogP contribution in [0.25, 0.3) is 11.4 Å². The van der Waals surface area contributed by atoms with Crippen LogP contribution in [0.3, 0.4) is 0 Å². The van der Waals surface area contributed by atoms with Gasteiger partial charge in [0.2, 0.25) is 0 Å². The van der Waals surface area contributed by atoms with Crippen molar-refractivity contribution >= 4 is 0 Å². The molecular weight excluding hydrogens is 230 g/mol. The number of aryl methyl sites for hydroxylation is 1. The van der Waals surface area contributed by atoms with Crippen LogP contribution < -0.4 is 9.47 Å². The fraction of sp³-hybridized carbons (Fsp3) is 0.231. The summed E-state index contributed by atoms with van der Waals surface area (Å²) in [5.74, 6) is 2.13. The Bertz CT molecular complexity index is 640. The standard InChI is InChI=1S/C13H11N3O2/c1-8-10(7-14)16-13(15-8)9-2-3-11-12(6-9)18-5-4-17-11/h2-3,6H,4-5H2,1H3,(H,15,16). The number of nitrogens with one attached hydrogen (secondary N) is 1. The molecule has 0 saturated carbocycles. The molecule has 0 spiro atoms. The number of H-pyrrole nitrogens is 1. The van der Waals surface area contributed by atoms with Gasteiger partial charge in [-0.05, 0) is 25.1 Å². The summed E-state index contributed by atoms with van der Waals surface area (Å²) in [6.45, 7) is 2.95. The van der Waals surface area contributed by atoms with Crippen molar-refractivity contribution in [3.05, 3.63) is 29.6 Å². The lowest BCUT2D eigenvalue weighted by Crippen LogP contribution is -2.15. The van der Waals surface area contributed by atoms with Crippen molar-refractivity contribution in [1.29, 1.82) is 5.26 Å². The number of fused-ring (bicyclic) bond motifs is 1. The van der Waals surface area contributed by atoms with Crippen LogP contribution in [0.1, 0.15) is 11.4 Å². The summed E-state index contributed by atoms with van der Waals surface area (Å²) in [4.78, 5) is 7.32. The van der Waals surface area contributed by atoms with Gasteiger partial charge in [-0.15, -0.1) is 0 Å². The van der Waals surface area contributed by atoms with Crippen LogP contribution in [0.5, 0.6) is 11.5 Å². The molecule has 90 valence electrons. The topological polar surface area (TPSA) is 70.9 Å². The van der Waals surface area contributed by atoms with Gasteiger partial charge in [-0.1, -0.05) is 0 Å². The third-order valence-corrected chi connectivity index (χ3v) is 2.81. The summed E-state index contributed by atoms with van der Waals surface area (Å²) in [5.41, 5.74) is 2.06. The molecule has 5 heteroatoms. The molecule has 1 N–H and O–H groups in total. The number of aromatic amines is 1. The lowest BCUT2D eigenvalue weighted by molar-refractivity contribution is 0.171. The van der Waals surface area contributed by atoms with Crippen LogP contribution in [0.15, 0.2) is 18.2 Å². The summed E-state index contributed by atoms with van der Waals surface area (Å²) in [6, 6.07) is 7.67. The van der Waals surface area contributed by atoms with E-state index in [1.54, 1.807) is 0 Å². The fourth-order valence-corrected chi connectivity index (χ4v) is 1.90. The molecule has 1 aromatic carbocycles. The van der Waals surface area contributed by atoms with Crippen LogP contribution in [0, 0.1) is 18.3 Å². The van der Waals surface area contributed by atoms with Gasteiger partial charge >= 0.3 is 0 Å². The predicted molar refractivity (Wildman–Crippen MR) is 64.5 cm³/mol. The number of hydrogen-bond donors (Lipinski definition) is 1. The van der Waals surface area contributed by atoms with E-state index in [0.717, 1.165) is 17.0 Å². The maximum absolute atomic E-state index is 8.89. The Kier molecular flexibility index (Phi) is 2.41. The van der Waals surface area contributed by atoms with E-state index in [9.17, 15) is 0 Å². The molecule has 0 saturated heterocycles. The molecule has 0 radical (unpaired) electrons. The molecule has 0 bridgehead atoms. The van der Waals surface area contributed by atoms with Gasteiger partial charge in [0.15, 0.2) is 17.2 Å². The van der Waals surface area contributed by atoms with Gasteiger partial charge in [0, 0.05) is 5.56 Å². The van der Waals surface area contributed by atoms with E-state index >= 15 is 0 Å². The van der Waals surface area contributed by atoms with Gasteiger partial charge in [-0.3, -0.25) is 0 Å². The lowest BCUT2D eigenvalue weighted by Gasteiger charge is -2.18. The van der Waals surface area contributed by atoms with Gasteiger partial charge in [0.05, 0.1) is 5.69 Å². The number of nitrogens with zero attached hydrogens (tertiary/aromatic N) is 2. The second-order valence-electron chi connectivity index (χ2n) is 4.03. The number of ether oxygens (including phenoxy) is 2. The lowest BCUT2D eigenvalue weighted by atomic mass is 10.2. The molecule has 5 nitrogen and oxygen atoms in total. The third kappa shape index (κ3) is 1.68. The number of benzene rings is 1. The highest BCUT2D eigenvalue weighted by Gasteiger charge is 2.14. The van der Waals surface area contributed by atoms with Crippen molar-refractivity contribution < 1.29 is 9.47 Å². The number of nitriles is 1. The average Bonchev–Trinajstić information content (AvgIpc) is 2.79. The van der Waals surface area contributed by atoms with Crippen molar-refractivity contribution in [1.82, 2.24) is 9.97 Å². The van der Waals surface area contributed by atoms with Gasteiger partial charge in [-0.2, -0.15) is 5.26 Å². The third-order valence-electron chi connectivity index (χ3n) is 2.81. The normalized spacial score (nSPS) is 13.1. The highest BCUT2D eigenvalue weighted by Crippen LogP contribution is 2.33. The Hall–Kier alpha value is -2.48. The minimum absolute atomic E-state index is 0.417. The summed E-state index contributed by atoms with van der Waals surface area (Å²) in [7, 11) is 0.